The molecule has 4 rings (SSSR count). The van der Waals surface area contributed by atoms with Gasteiger partial charge in [-0.3, -0.25) is 4.79 Å². The van der Waals surface area contributed by atoms with Gasteiger partial charge in [0.05, 0.1) is 0 Å². The van der Waals surface area contributed by atoms with E-state index >= 15 is 0 Å². The Labute approximate surface area is 165 Å². The molecule has 1 aromatic heterocycles. The highest BCUT2D eigenvalue weighted by Gasteiger charge is 2.21. The van der Waals surface area contributed by atoms with Crippen molar-refractivity contribution in [2.45, 2.75) is 38.6 Å². The van der Waals surface area contributed by atoms with Gasteiger partial charge in [0.15, 0.2) is 0 Å². The van der Waals surface area contributed by atoms with E-state index in [9.17, 15) is 9.18 Å². The average molecular weight is 378 g/mol. The lowest BCUT2D eigenvalue weighted by molar-refractivity contribution is -0.116. The van der Waals surface area contributed by atoms with E-state index in [1.807, 2.05) is 12.1 Å². The third-order valence-electron chi connectivity index (χ3n) is 5.85. The highest BCUT2D eigenvalue weighted by molar-refractivity contribution is 5.84. The minimum atomic E-state index is -0.0995. The summed E-state index contributed by atoms with van der Waals surface area (Å²) in [5.41, 5.74) is 3.12. The van der Waals surface area contributed by atoms with E-state index in [2.05, 4.69) is 39.9 Å². The topological polar surface area (TPSA) is 25.2 Å². The van der Waals surface area contributed by atoms with Gasteiger partial charge in [-0.2, -0.15) is 0 Å². The lowest BCUT2D eigenvalue weighted by Gasteiger charge is -2.33. The minimum Gasteiger partial charge on any atom is -0.344 e. The molecule has 2 heterocycles. The lowest BCUT2D eigenvalue weighted by atomic mass is 10.0. The molecule has 28 heavy (non-hydrogen) atoms. The Morgan fingerprint density at radius 1 is 1.11 bits per heavy atom. The van der Waals surface area contributed by atoms with Crippen molar-refractivity contribution in [3.63, 3.8) is 0 Å². The molecule has 3 nitrogen and oxygen atoms in total. The molecule has 1 fully saturated rings. The fraction of sp³-hybridized carbons (Fsp3) is 0.375. The number of rotatable bonds is 6. The van der Waals surface area contributed by atoms with Crippen molar-refractivity contribution in [3.8, 4) is 0 Å². The van der Waals surface area contributed by atoms with Crippen molar-refractivity contribution in [2.24, 2.45) is 0 Å². The fourth-order valence-electron chi connectivity index (χ4n) is 4.31. The Morgan fingerprint density at radius 3 is 2.64 bits per heavy atom. The molecule has 0 amide bonds. The zero-order valence-electron chi connectivity index (χ0n) is 16.4. The Morgan fingerprint density at radius 2 is 1.89 bits per heavy atom. The van der Waals surface area contributed by atoms with Gasteiger partial charge in [0.2, 0.25) is 0 Å². The van der Waals surface area contributed by atoms with E-state index in [1.54, 1.807) is 19.1 Å². The number of fused-ring (bicyclic) bond motifs is 1. The molecule has 0 aliphatic carbocycles. The van der Waals surface area contributed by atoms with E-state index in [0.29, 0.717) is 12.5 Å². The number of piperidine rings is 1. The average Bonchev–Trinajstić information content (AvgIpc) is 3.10. The predicted molar refractivity (Wildman–Crippen MR) is 111 cm³/mol. The largest absolute Gasteiger partial charge is 0.344 e. The van der Waals surface area contributed by atoms with Crippen LogP contribution in [0.4, 0.5) is 4.39 Å². The first-order valence-electron chi connectivity index (χ1n) is 10.1. The Bertz CT molecular complexity index is 970. The molecule has 0 saturated carbocycles. The highest BCUT2D eigenvalue weighted by Crippen LogP contribution is 2.28. The zero-order valence-corrected chi connectivity index (χ0v) is 16.4. The summed E-state index contributed by atoms with van der Waals surface area (Å²) in [4.78, 5) is 13.9. The molecule has 4 heteroatoms. The number of carbonyl (C=O) groups excluding carboxylic acids is 1. The smallest absolute Gasteiger partial charge is 0.134 e. The Balaban J connectivity index is 1.39. The van der Waals surface area contributed by atoms with Crippen LogP contribution in [0.5, 0.6) is 0 Å². The summed E-state index contributed by atoms with van der Waals surface area (Å²) in [6, 6.07) is 16.1. The standard InChI is InChI=1S/C24H27FN2O/c1-18(28)16-19-6-7-21-9-15-27(24(21)17-19)22-10-13-26(14-11-22)12-8-20-4-2-3-5-23(20)25/h2-7,9,15,17,22H,8,10-14,16H2,1H3. The lowest BCUT2D eigenvalue weighted by Crippen LogP contribution is -2.35. The van der Waals surface area contributed by atoms with E-state index in [4.69, 9.17) is 0 Å². The molecule has 0 bridgehead atoms. The molecular weight excluding hydrogens is 351 g/mol. The van der Waals surface area contributed by atoms with Crippen LogP contribution in [0.1, 0.15) is 36.9 Å². The summed E-state index contributed by atoms with van der Waals surface area (Å²) in [5.74, 6) is 0.0955. The third-order valence-corrected chi connectivity index (χ3v) is 5.85. The van der Waals surface area contributed by atoms with Crippen LogP contribution in [0.3, 0.4) is 0 Å². The maximum atomic E-state index is 13.8. The van der Waals surface area contributed by atoms with Crippen LogP contribution in [0.2, 0.25) is 0 Å². The van der Waals surface area contributed by atoms with Gasteiger partial charge in [0.25, 0.3) is 0 Å². The Hall–Kier alpha value is -2.46. The second-order valence-corrected chi connectivity index (χ2v) is 7.91. The second-order valence-electron chi connectivity index (χ2n) is 7.91. The number of likely N-dealkylation sites (tertiary alicyclic amines) is 1. The minimum absolute atomic E-state index is 0.0995. The van der Waals surface area contributed by atoms with Crippen LogP contribution < -0.4 is 0 Å². The maximum absolute atomic E-state index is 13.8. The molecule has 0 spiro atoms. The summed E-state index contributed by atoms with van der Waals surface area (Å²) >= 11 is 0. The molecule has 1 aliphatic heterocycles. The van der Waals surface area contributed by atoms with E-state index < -0.39 is 0 Å². The van der Waals surface area contributed by atoms with E-state index in [0.717, 1.165) is 50.0 Å². The molecule has 2 aromatic carbocycles. The second kappa shape index (κ2) is 8.27. The van der Waals surface area contributed by atoms with E-state index in [-0.39, 0.29) is 11.6 Å². The first-order valence-corrected chi connectivity index (χ1v) is 10.1. The number of halogens is 1. The highest BCUT2D eigenvalue weighted by atomic mass is 19.1. The quantitative estimate of drug-likeness (QED) is 0.616. The summed E-state index contributed by atoms with van der Waals surface area (Å²) in [6.45, 7) is 4.61. The number of hydrogen-bond acceptors (Lipinski definition) is 2. The summed E-state index contributed by atoms with van der Waals surface area (Å²) < 4.78 is 16.2. The number of aromatic nitrogens is 1. The van der Waals surface area contributed by atoms with Crippen molar-refractivity contribution < 1.29 is 9.18 Å². The van der Waals surface area contributed by atoms with Crippen molar-refractivity contribution >= 4 is 16.7 Å². The van der Waals surface area contributed by atoms with Crippen molar-refractivity contribution in [1.29, 1.82) is 0 Å². The molecule has 3 aromatic rings. The first-order chi connectivity index (χ1) is 13.6. The van der Waals surface area contributed by atoms with Crippen LogP contribution >= 0.6 is 0 Å². The normalized spacial score (nSPS) is 15.9. The maximum Gasteiger partial charge on any atom is 0.134 e. The number of Topliss-reactive ketones (excluding diaryl/α,β-unsaturated/α-hetero) is 1. The van der Waals surface area contributed by atoms with Gasteiger partial charge in [0, 0.05) is 43.8 Å². The van der Waals surface area contributed by atoms with Crippen LogP contribution in [0, 0.1) is 5.82 Å². The molecular formula is C24H27FN2O. The number of hydrogen-bond donors (Lipinski definition) is 0. The first kappa shape index (κ1) is 18.9. The van der Waals surface area contributed by atoms with Crippen LogP contribution in [0.25, 0.3) is 10.9 Å². The van der Waals surface area contributed by atoms with Crippen LogP contribution in [-0.4, -0.2) is 34.9 Å². The van der Waals surface area contributed by atoms with Gasteiger partial charge in [0.1, 0.15) is 11.6 Å². The molecule has 0 atom stereocenters. The molecule has 0 unspecified atom stereocenters. The molecule has 0 radical (unpaired) electrons. The monoisotopic (exact) mass is 378 g/mol. The van der Waals surface area contributed by atoms with Crippen LogP contribution in [-0.2, 0) is 17.6 Å². The number of benzene rings is 2. The van der Waals surface area contributed by atoms with Gasteiger partial charge in [-0.15, -0.1) is 0 Å². The zero-order chi connectivity index (χ0) is 19.5. The molecule has 1 aliphatic rings. The van der Waals surface area contributed by atoms with Gasteiger partial charge < -0.3 is 9.47 Å². The third kappa shape index (κ3) is 4.17. The molecule has 1 saturated heterocycles. The fourth-order valence-corrected chi connectivity index (χ4v) is 4.31. The molecule has 146 valence electrons. The molecule has 0 N–H and O–H groups in total. The summed E-state index contributed by atoms with van der Waals surface area (Å²) in [6.07, 6.45) is 5.63. The Kier molecular flexibility index (Phi) is 5.58. The summed E-state index contributed by atoms with van der Waals surface area (Å²) in [7, 11) is 0. The number of ketones is 1. The summed E-state index contributed by atoms with van der Waals surface area (Å²) in [5, 5.41) is 1.23. The predicted octanol–water partition coefficient (Wildman–Crippen LogP) is 4.79. The van der Waals surface area contributed by atoms with E-state index in [1.165, 1.54) is 10.9 Å². The van der Waals surface area contributed by atoms with Crippen molar-refractivity contribution in [2.75, 3.05) is 19.6 Å². The van der Waals surface area contributed by atoms with Gasteiger partial charge in [-0.1, -0.05) is 30.3 Å². The van der Waals surface area contributed by atoms with Crippen molar-refractivity contribution in [3.05, 3.63) is 71.7 Å². The SMILES string of the molecule is CC(=O)Cc1ccc2ccn(C3CCN(CCc4ccccc4F)CC3)c2c1. The van der Waals surface area contributed by atoms with Gasteiger partial charge in [-0.05, 0) is 60.9 Å². The van der Waals surface area contributed by atoms with Gasteiger partial charge >= 0.3 is 0 Å². The number of nitrogens with zero attached hydrogens (tertiary/aromatic N) is 2. The number of carbonyl (C=O) groups is 1. The van der Waals surface area contributed by atoms with Gasteiger partial charge in [-0.25, -0.2) is 4.39 Å². The van der Waals surface area contributed by atoms with Crippen molar-refractivity contribution in [1.82, 2.24) is 9.47 Å². The van der Waals surface area contributed by atoms with Crippen LogP contribution in [0.15, 0.2) is 54.7 Å².